The van der Waals surface area contributed by atoms with Crippen molar-refractivity contribution in [3.63, 3.8) is 0 Å². The summed E-state index contributed by atoms with van der Waals surface area (Å²) in [5.74, 6) is 0. The molecule has 1 aromatic rings. The third-order valence-corrected chi connectivity index (χ3v) is 4.28. The molecule has 0 fully saturated rings. The first-order valence-electron chi connectivity index (χ1n) is 7.79. The summed E-state index contributed by atoms with van der Waals surface area (Å²) in [5.41, 5.74) is 9.10. The summed E-state index contributed by atoms with van der Waals surface area (Å²) in [6, 6.07) is 6.79. The quantitative estimate of drug-likeness (QED) is 0.785. The molecular formula is C17H28N2O. The van der Waals surface area contributed by atoms with Crippen LogP contribution < -0.4 is 10.6 Å². The maximum Gasteiger partial charge on any atom is 0.0741 e. The molecule has 20 heavy (non-hydrogen) atoms. The van der Waals surface area contributed by atoms with Crippen LogP contribution in [0.4, 0.5) is 5.69 Å². The van der Waals surface area contributed by atoms with Crippen LogP contribution in [0, 0.1) is 6.92 Å². The summed E-state index contributed by atoms with van der Waals surface area (Å²) in [6.45, 7) is 6.57. The number of benzene rings is 1. The first-order chi connectivity index (χ1) is 9.52. The van der Waals surface area contributed by atoms with Gasteiger partial charge in [-0.3, -0.25) is 0 Å². The Morgan fingerprint density at radius 3 is 2.90 bits per heavy atom. The van der Waals surface area contributed by atoms with E-state index in [9.17, 15) is 5.11 Å². The summed E-state index contributed by atoms with van der Waals surface area (Å²) >= 11 is 0. The molecule has 3 N–H and O–H groups in total. The van der Waals surface area contributed by atoms with Gasteiger partial charge in [-0.15, -0.1) is 0 Å². The van der Waals surface area contributed by atoms with Crippen molar-refractivity contribution in [2.24, 2.45) is 5.73 Å². The maximum absolute atomic E-state index is 9.91. The number of fused-ring (bicyclic) bond motifs is 1. The number of aryl methyl sites for hydroxylation is 2. The largest absolute Gasteiger partial charge is 0.389 e. The van der Waals surface area contributed by atoms with Gasteiger partial charge in [0.1, 0.15) is 0 Å². The van der Waals surface area contributed by atoms with Crippen LogP contribution >= 0.6 is 0 Å². The molecule has 112 valence electrons. The molecule has 0 saturated heterocycles. The predicted molar refractivity (Wildman–Crippen MR) is 85.2 cm³/mol. The fourth-order valence-corrected chi connectivity index (χ4v) is 2.95. The van der Waals surface area contributed by atoms with E-state index in [1.165, 1.54) is 29.7 Å². The van der Waals surface area contributed by atoms with Crippen molar-refractivity contribution in [1.29, 1.82) is 0 Å². The number of hydrogen-bond acceptors (Lipinski definition) is 3. The number of nitrogens with two attached hydrogens (primary N) is 1. The number of hydrogen-bond donors (Lipinski definition) is 2. The van der Waals surface area contributed by atoms with Crippen LogP contribution in [0.25, 0.3) is 0 Å². The third kappa shape index (κ3) is 3.97. The molecule has 0 spiro atoms. The molecule has 0 bridgehead atoms. The lowest BCUT2D eigenvalue weighted by Gasteiger charge is -2.32. The van der Waals surface area contributed by atoms with Crippen molar-refractivity contribution in [1.82, 2.24) is 0 Å². The Hall–Kier alpha value is -1.06. The van der Waals surface area contributed by atoms with Gasteiger partial charge in [0, 0.05) is 25.3 Å². The minimum Gasteiger partial charge on any atom is -0.389 e. The Labute approximate surface area is 122 Å². The smallest absolute Gasteiger partial charge is 0.0741 e. The van der Waals surface area contributed by atoms with Gasteiger partial charge in [-0.2, -0.15) is 0 Å². The van der Waals surface area contributed by atoms with Crippen LogP contribution in [0.3, 0.4) is 0 Å². The highest BCUT2D eigenvalue weighted by atomic mass is 16.3. The highest BCUT2D eigenvalue weighted by molar-refractivity contribution is 5.56. The summed E-state index contributed by atoms with van der Waals surface area (Å²) in [6.07, 6.45) is 5.38. The highest BCUT2D eigenvalue weighted by Crippen LogP contribution is 2.28. The van der Waals surface area contributed by atoms with Gasteiger partial charge in [-0.1, -0.05) is 17.7 Å². The predicted octanol–water partition coefficient (Wildman–Crippen LogP) is 2.63. The SMILES string of the molecule is Cc1ccc2c(c1)CCCN2CCCCC(C)(O)CN. The van der Waals surface area contributed by atoms with Crippen molar-refractivity contribution < 1.29 is 5.11 Å². The average molecular weight is 276 g/mol. The fraction of sp³-hybridized carbons (Fsp3) is 0.647. The second-order valence-corrected chi connectivity index (χ2v) is 6.38. The molecule has 3 heteroatoms. The number of rotatable bonds is 6. The van der Waals surface area contributed by atoms with Gasteiger partial charge in [0.2, 0.25) is 0 Å². The minimum atomic E-state index is -0.698. The van der Waals surface area contributed by atoms with E-state index in [4.69, 9.17) is 5.73 Å². The Balaban J connectivity index is 1.86. The molecule has 1 aliphatic heterocycles. The molecule has 1 aromatic carbocycles. The Morgan fingerprint density at radius 2 is 2.15 bits per heavy atom. The molecule has 1 unspecified atom stereocenters. The van der Waals surface area contributed by atoms with Crippen LogP contribution in [0.5, 0.6) is 0 Å². The van der Waals surface area contributed by atoms with E-state index < -0.39 is 5.60 Å². The lowest BCUT2D eigenvalue weighted by atomic mass is 9.97. The van der Waals surface area contributed by atoms with Crippen LogP contribution in [-0.4, -0.2) is 30.3 Å². The number of unbranched alkanes of at least 4 members (excludes halogenated alkanes) is 1. The summed E-state index contributed by atoms with van der Waals surface area (Å²) in [4.78, 5) is 2.50. The number of nitrogens with zero attached hydrogens (tertiary/aromatic N) is 1. The van der Waals surface area contributed by atoms with E-state index in [1.807, 2.05) is 6.92 Å². The molecule has 2 rings (SSSR count). The summed E-state index contributed by atoms with van der Waals surface area (Å²) in [7, 11) is 0. The van der Waals surface area contributed by atoms with E-state index >= 15 is 0 Å². The van der Waals surface area contributed by atoms with E-state index in [0.717, 1.165) is 32.4 Å². The highest BCUT2D eigenvalue weighted by Gasteiger charge is 2.19. The van der Waals surface area contributed by atoms with Crippen molar-refractivity contribution in [3.8, 4) is 0 Å². The van der Waals surface area contributed by atoms with E-state index in [2.05, 4.69) is 30.0 Å². The van der Waals surface area contributed by atoms with Crippen LogP contribution in [0.1, 0.15) is 43.7 Å². The van der Waals surface area contributed by atoms with Gasteiger partial charge < -0.3 is 15.7 Å². The Bertz CT molecular complexity index is 443. The zero-order valence-electron chi connectivity index (χ0n) is 12.9. The minimum absolute atomic E-state index is 0.346. The molecule has 0 aromatic heterocycles. The Morgan fingerprint density at radius 1 is 1.35 bits per heavy atom. The monoisotopic (exact) mass is 276 g/mol. The molecule has 0 radical (unpaired) electrons. The number of anilines is 1. The zero-order valence-corrected chi connectivity index (χ0v) is 12.9. The zero-order chi connectivity index (χ0) is 14.6. The third-order valence-electron chi connectivity index (χ3n) is 4.28. The van der Waals surface area contributed by atoms with E-state index in [-0.39, 0.29) is 0 Å². The second kappa shape index (κ2) is 6.59. The van der Waals surface area contributed by atoms with Gasteiger partial charge >= 0.3 is 0 Å². The van der Waals surface area contributed by atoms with Gasteiger partial charge in [0.05, 0.1) is 5.60 Å². The lowest BCUT2D eigenvalue weighted by Crippen LogP contribution is -2.34. The average Bonchev–Trinajstić information content (AvgIpc) is 2.43. The first kappa shape index (κ1) is 15.3. The van der Waals surface area contributed by atoms with E-state index in [0.29, 0.717) is 6.54 Å². The van der Waals surface area contributed by atoms with Gasteiger partial charge in [0.25, 0.3) is 0 Å². The normalized spacial score (nSPS) is 17.7. The van der Waals surface area contributed by atoms with Crippen molar-refractivity contribution >= 4 is 5.69 Å². The second-order valence-electron chi connectivity index (χ2n) is 6.38. The molecular weight excluding hydrogens is 248 g/mol. The fourth-order valence-electron chi connectivity index (χ4n) is 2.95. The van der Waals surface area contributed by atoms with Crippen molar-refractivity contribution in [3.05, 3.63) is 29.3 Å². The molecule has 1 aliphatic rings. The standard InChI is InChI=1S/C17H28N2O/c1-14-7-8-16-15(12-14)6-5-11-19(16)10-4-3-9-17(2,20)13-18/h7-8,12,20H,3-6,9-11,13,18H2,1-2H3. The molecule has 1 atom stereocenters. The molecule has 3 nitrogen and oxygen atoms in total. The lowest BCUT2D eigenvalue weighted by molar-refractivity contribution is 0.0574. The van der Waals surface area contributed by atoms with Crippen molar-refractivity contribution in [2.75, 3.05) is 24.5 Å². The van der Waals surface area contributed by atoms with E-state index in [1.54, 1.807) is 0 Å². The maximum atomic E-state index is 9.91. The van der Waals surface area contributed by atoms with Gasteiger partial charge in [-0.05, 0) is 57.6 Å². The Kier molecular flexibility index (Phi) is 5.06. The molecule has 0 amide bonds. The number of aliphatic hydroxyl groups is 1. The van der Waals surface area contributed by atoms with Crippen LogP contribution in [-0.2, 0) is 6.42 Å². The summed E-state index contributed by atoms with van der Waals surface area (Å²) < 4.78 is 0. The topological polar surface area (TPSA) is 49.5 Å². The van der Waals surface area contributed by atoms with Gasteiger partial charge in [-0.25, -0.2) is 0 Å². The van der Waals surface area contributed by atoms with Crippen LogP contribution in [0.15, 0.2) is 18.2 Å². The van der Waals surface area contributed by atoms with Crippen molar-refractivity contribution in [2.45, 2.75) is 51.6 Å². The molecule has 0 saturated carbocycles. The first-order valence-corrected chi connectivity index (χ1v) is 7.79. The van der Waals surface area contributed by atoms with Crippen LogP contribution in [0.2, 0.25) is 0 Å². The molecule has 1 heterocycles. The summed E-state index contributed by atoms with van der Waals surface area (Å²) in [5, 5.41) is 9.91. The molecule has 0 aliphatic carbocycles. The van der Waals surface area contributed by atoms with Gasteiger partial charge in [0.15, 0.2) is 0 Å².